The predicted octanol–water partition coefficient (Wildman–Crippen LogP) is 5.73. The van der Waals surface area contributed by atoms with Gasteiger partial charge in [-0.2, -0.15) is 5.10 Å². The van der Waals surface area contributed by atoms with E-state index in [-0.39, 0.29) is 5.82 Å². The first-order chi connectivity index (χ1) is 11.0. The number of nitrogens with zero attached hydrogens (tertiary/aromatic N) is 1. The van der Waals surface area contributed by atoms with E-state index in [2.05, 4.69) is 30.1 Å². The smallest absolute Gasteiger partial charge is 0.124 e. The van der Waals surface area contributed by atoms with Crippen LogP contribution in [0, 0.1) is 12.7 Å². The van der Waals surface area contributed by atoms with Crippen LogP contribution in [0.5, 0.6) is 0 Å². The molecule has 0 aliphatic rings. The quantitative estimate of drug-likeness (QED) is 0.535. The summed E-state index contributed by atoms with van der Waals surface area (Å²) in [6.07, 6.45) is 3.57. The zero-order valence-corrected chi connectivity index (χ0v) is 14.0. The topological polar surface area (TPSA) is 24.4 Å². The number of rotatable bonds is 6. The molecule has 2 nitrogen and oxygen atoms in total. The Balaban J connectivity index is 2.38. The van der Waals surface area contributed by atoms with Crippen LogP contribution in [0.25, 0.3) is 11.1 Å². The Kier molecular flexibility index (Phi) is 5.69. The number of benzene rings is 2. The molecule has 0 saturated heterocycles. The number of anilines is 1. The summed E-state index contributed by atoms with van der Waals surface area (Å²) in [4.78, 5) is 0. The van der Waals surface area contributed by atoms with Gasteiger partial charge < -0.3 is 0 Å². The van der Waals surface area contributed by atoms with Crippen molar-refractivity contribution in [1.29, 1.82) is 0 Å². The highest BCUT2D eigenvalue weighted by Gasteiger charge is 2.06. The largest absolute Gasteiger partial charge is 0.278 e. The van der Waals surface area contributed by atoms with Gasteiger partial charge in [-0.3, -0.25) is 5.43 Å². The van der Waals surface area contributed by atoms with Crippen LogP contribution in [0.3, 0.4) is 0 Å². The second-order valence-corrected chi connectivity index (χ2v) is 5.70. The average Bonchev–Trinajstić information content (AvgIpc) is 2.53. The summed E-state index contributed by atoms with van der Waals surface area (Å²) in [5, 5.41) is 4.25. The molecule has 120 valence electrons. The lowest BCUT2D eigenvalue weighted by Crippen LogP contribution is -1.97. The Morgan fingerprint density at radius 2 is 2.00 bits per heavy atom. The van der Waals surface area contributed by atoms with Gasteiger partial charge in [0.2, 0.25) is 0 Å². The summed E-state index contributed by atoms with van der Waals surface area (Å²) < 4.78 is 13.9. The molecule has 0 amide bonds. The van der Waals surface area contributed by atoms with Gasteiger partial charge in [0.25, 0.3) is 0 Å². The van der Waals surface area contributed by atoms with Gasteiger partial charge >= 0.3 is 0 Å². The summed E-state index contributed by atoms with van der Waals surface area (Å²) >= 11 is 0. The van der Waals surface area contributed by atoms with Gasteiger partial charge in [0.05, 0.1) is 11.4 Å². The molecule has 0 heterocycles. The lowest BCUT2D eigenvalue weighted by Gasteiger charge is -2.10. The van der Waals surface area contributed by atoms with Crippen molar-refractivity contribution in [1.82, 2.24) is 0 Å². The third-order valence-electron chi connectivity index (χ3n) is 3.72. The Bertz CT molecular complexity index is 732. The third kappa shape index (κ3) is 4.52. The maximum atomic E-state index is 13.9. The Labute approximate surface area is 137 Å². The molecule has 2 aromatic carbocycles. The molecular weight excluding hydrogens is 287 g/mol. The summed E-state index contributed by atoms with van der Waals surface area (Å²) in [6.45, 7) is 9.67. The summed E-state index contributed by atoms with van der Waals surface area (Å²) in [6, 6.07) is 11.3. The molecule has 0 aliphatic heterocycles. The zero-order chi connectivity index (χ0) is 16.8. The molecule has 0 fully saturated rings. The highest BCUT2D eigenvalue weighted by atomic mass is 19.1. The van der Waals surface area contributed by atoms with E-state index in [1.54, 1.807) is 18.2 Å². The van der Waals surface area contributed by atoms with E-state index in [1.807, 2.05) is 32.0 Å². The molecule has 1 N–H and O–H groups in total. The van der Waals surface area contributed by atoms with Crippen molar-refractivity contribution in [2.24, 2.45) is 5.10 Å². The van der Waals surface area contributed by atoms with Crippen molar-refractivity contribution in [3.63, 3.8) is 0 Å². The van der Waals surface area contributed by atoms with Crippen LogP contribution in [0.2, 0.25) is 0 Å². The number of hydrogen-bond acceptors (Lipinski definition) is 2. The second-order valence-electron chi connectivity index (χ2n) is 5.70. The van der Waals surface area contributed by atoms with E-state index in [9.17, 15) is 4.39 Å². The fourth-order valence-corrected chi connectivity index (χ4v) is 2.37. The molecule has 23 heavy (non-hydrogen) atoms. The van der Waals surface area contributed by atoms with Crippen molar-refractivity contribution in [3.8, 4) is 11.1 Å². The molecule has 0 bridgehead atoms. The third-order valence-corrected chi connectivity index (χ3v) is 3.72. The number of halogens is 1. The normalized spacial score (nSPS) is 11.4. The minimum atomic E-state index is -0.193. The van der Waals surface area contributed by atoms with Gasteiger partial charge in [0.1, 0.15) is 5.82 Å². The van der Waals surface area contributed by atoms with Crippen molar-refractivity contribution >= 4 is 11.4 Å². The first-order valence-corrected chi connectivity index (χ1v) is 7.86. The van der Waals surface area contributed by atoms with Crippen molar-refractivity contribution < 1.29 is 4.39 Å². The van der Waals surface area contributed by atoms with Crippen LogP contribution in [0.4, 0.5) is 10.1 Å². The molecule has 3 heteroatoms. The minimum absolute atomic E-state index is 0.193. The fraction of sp³-hybridized carbons (Fsp3) is 0.250. The molecule has 2 rings (SSSR count). The second kappa shape index (κ2) is 7.73. The van der Waals surface area contributed by atoms with E-state index in [0.29, 0.717) is 0 Å². The van der Waals surface area contributed by atoms with Crippen LogP contribution in [0.15, 0.2) is 54.2 Å². The van der Waals surface area contributed by atoms with Crippen molar-refractivity contribution in [2.75, 3.05) is 5.43 Å². The van der Waals surface area contributed by atoms with Gasteiger partial charge in [0, 0.05) is 0 Å². The monoisotopic (exact) mass is 310 g/mol. The SMILES string of the molecule is C=C/C(C)=N\Nc1cc(-c2cc(F)cc(CCC)c2)ccc1C. The van der Waals surface area contributed by atoms with Gasteiger partial charge in [-0.15, -0.1) is 0 Å². The number of aryl methyl sites for hydroxylation is 2. The molecule has 0 aromatic heterocycles. The maximum Gasteiger partial charge on any atom is 0.124 e. The van der Waals surface area contributed by atoms with Gasteiger partial charge in [-0.05, 0) is 66.8 Å². The molecule has 0 aliphatic carbocycles. The lowest BCUT2D eigenvalue weighted by molar-refractivity contribution is 0.625. The predicted molar refractivity (Wildman–Crippen MR) is 97.5 cm³/mol. The van der Waals surface area contributed by atoms with E-state index in [1.165, 1.54) is 0 Å². The number of nitrogens with one attached hydrogen (secondary N) is 1. The number of allylic oxidation sites excluding steroid dienone is 1. The average molecular weight is 310 g/mol. The highest BCUT2D eigenvalue weighted by molar-refractivity contribution is 5.92. The van der Waals surface area contributed by atoms with Gasteiger partial charge in [-0.1, -0.05) is 38.1 Å². The number of hydrazone groups is 1. The standard InChI is InChI=1S/C20H23FN2/c1-5-7-16-10-18(12-19(21)11-16)17-9-8-14(3)20(13-17)23-22-15(4)6-2/h6,8-13,23H,2,5,7H2,1,3-4H3/b22-15-. The van der Waals surface area contributed by atoms with Crippen molar-refractivity contribution in [3.05, 3.63) is 66.0 Å². The fourth-order valence-electron chi connectivity index (χ4n) is 2.37. The van der Waals surface area contributed by atoms with Crippen LogP contribution >= 0.6 is 0 Å². The Morgan fingerprint density at radius 1 is 1.22 bits per heavy atom. The van der Waals surface area contributed by atoms with E-state index < -0.39 is 0 Å². The maximum absolute atomic E-state index is 13.9. The number of hydrogen-bond donors (Lipinski definition) is 1. The first kappa shape index (κ1) is 16.9. The summed E-state index contributed by atoms with van der Waals surface area (Å²) in [7, 11) is 0. The molecule has 0 spiro atoms. The minimum Gasteiger partial charge on any atom is -0.278 e. The molecule has 2 aromatic rings. The van der Waals surface area contributed by atoms with E-state index in [4.69, 9.17) is 0 Å². The van der Waals surface area contributed by atoms with Crippen LogP contribution in [0.1, 0.15) is 31.4 Å². The van der Waals surface area contributed by atoms with Crippen LogP contribution in [-0.2, 0) is 6.42 Å². The van der Waals surface area contributed by atoms with Crippen molar-refractivity contribution in [2.45, 2.75) is 33.6 Å². The van der Waals surface area contributed by atoms with Crippen LogP contribution in [-0.4, -0.2) is 5.71 Å². The van der Waals surface area contributed by atoms with E-state index >= 15 is 0 Å². The molecular formula is C20H23FN2. The first-order valence-electron chi connectivity index (χ1n) is 7.86. The molecule has 0 radical (unpaired) electrons. The van der Waals surface area contributed by atoms with Crippen LogP contribution < -0.4 is 5.43 Å². The molecule has 0 atom stereocenters. The Hall–Kier alpha value is -2.42. The summed E-state index contributed by atoms with van der Waals surface area (Å²) in [5.74, 6) is -0.193. The lowest BCUT2D eigenvalue weighted by atomic mass is 9.99. The van der Waals surface area contributed by atoms with Gasteiger partial charge in [-0.25, -0.2) is 4.39 Å². The summed E-state index contributed by atoms with van der Waals surface area (Å²) in [5.41, 5.74) is 8.74. The van der Waals surface area contributed by atoms with Gasteiger partial charge in [0.15, 0.2) is 0 Å². The highest BCUT2D eigenvalue weighted by Crippen LogP contribution is 2.27. The Morgan fingerprint density at radius 3 is 2.70 bits per heavy atom. The zero-order valence-electron chi connectivity index (χ0n) is 14.0. The van der Waals surface area contributed by atoms with E-state index in [0.717, 1.165) is 46.5 Å². The molecule has 0 unspecified atom stereocenters. The molecule has 0 saturated carbocycles.